The van der Waals surface area contributed by atoms with Crippen molar-refractivity contribution in [2.75, 3.05) is 12.4 Å². The Morgan fingerprint density at radius 1 is 1.83 bits per heavy atom. The Bertz CT molecular complexity index is 44.1. The summed E-state index contributed by atoms with van der Waals surface area (Å²) in [5, 5.41) is 0. The van der Waals surface area contributed by atoms with Crippen molar-refractivity contribution < 1.29 is 4.18 Å². The third-order valence-electron chi connectivity index (χ3n) is 0.745. The lowest BCUT2D eigenvalue weighted by molar-refractivity contribution is 0.381. The SMILES string of the molecule is NC1CO[SH2]C1. The number of rotatable bonds is 0. The minimum absolute atomic E-state index is 0.336. The summed E-state index contributed by atoms with van der Waals surface area (Å²) in [5.74, 6) is 1.07. The van der Waals surface area contributed by atoms with Crippen LogP contribution in [0.15, 0.2) is 0 Å². The van der Waals surface area contributed by atoms with Crippen LogP contribution in [0.25, 0.3) is 0 Å². The molecule has 1 rings (SSSR count). The van der Waals surface area contributed by atoms with Gasteiger partial charge in [0.15, 0.2) is 0 Å². The predicted molar refractivity (Wildman–Crippen MR) is 29.2 cm³/mol. The van der Waals surface area contributed by atoms with E-state index in [-0.39, 0.29) is 0 Å². The molecule has 1 unspecified atom stereocenters. The minimum atomic E-state index is 0.336. The lowest BCUT2D eigenvalue weighted by atomic mass is 10.4. The maximum absolute atomic E-state index is 5.42. The van der Waals surface area contributed by atoms with Crippen molar-refractivity contribution in [3.05, 3.63) is 0 Å². The molecule has 1 aliphatic rings. The first kappa shape index (κ1) is 4.43. The second kappa shape index (κ2) is 1.82. The summed E-state index contributed by atoms with van der Waals surface area (Å²) in [4.78, 5) is 0. The standard InChI is InChI=1S/C3H9NOS/c4-3-1-5-6-2-3/h3H,1-2,4,6H2. The fourth-order valence-electron chi connectivity index (χ4n) is 0.391. The third-order valence-corrected chi connectivity index (χ3v) is 1.81. The van der Waals surface area contributed by atoms with Crippen molar-refractivity contribution in [3.63, 3.8) is 0 Å². The van der Waals surface area contributed by atoms with Gasteiger partial charge in [0, 0.05) is 11.8 Å². The average Bonchev–Trinajstić information content (AvgIpc) is 1.86. The van der Waals surface area contributed by atoms with Gasteiger partial charge in [0.25, 0.3) is 0 Å². The van der Waals surface area contributed by atoms with Crippen LogP contribution in [0.5, 0.6) is 0 Å². The molecular formula is C3H9NOS. The molecule has 0 amide bonds. The second-order valence-electron chi connectivity index (χ2n) is 1.42. The van der Waals surface area contributed by atoms with Crippen LogP contribution in [0.4, 0.5) is 0 Å². The van der Waals surface area contributed by atoms with E-state index in [2.05, 4.69) is 0 Å². The molecule has 0 aliphatic carbocycles. The van der Waals surface area contributed by atoms with E-state index in [0.717, 1.165) is 12.4 Å². The summed E-state index contributed by atoms with van der Waals surface area (Å²) in [6.07, 6.45) is 0. The van der Waals surface area contributed by atoms with E-state index in [1.54, 1.807) is 0 Å². The quantitative estimate of drug-likeness (QED) is 0.451. The van der Waals surface area contributed by atoms with E-state index >= 15 is 0 Å². The Morgan fingerprint density at radius 2 is 2.67 bits per heavy atom. The molecule has 0 aromatic rings. The van der Waals surface area contributed by atoms with Crippen LogP contribution in [0, 0.1) is 0 Å². The Labute approximate surface area is 41.2 Å². The molecule has 1 saturated heterocycles. The van der Waals surface area contributed by atoms with Crippen LogP contribution in [-0.2, 0) is 4.18 Å². The van der Waals surface area contributed by atoms with Crippen LogP contribution in [0.1, 0.15) is 0 Å². The summed E-state index contributed by atoms with van der Waals surface area (Å²) >= 11 is 0.664. The largest absolute Gasteiger partial charge is 0.340 e. The van der Waals surface area contributed by atoms with Gasteiger partial charge >= 0.3 is 0 Å². The highest BCUT2D eigenvalue weighted by atomic mass is 32.2. The van der Waals surface area contributed by atoms with Crippen molar-refractivity contribution in [3.8, 4) is 0 Å². The van der Waals surface area contributed by atoms with Crippen LogP contribution >= 0.6 is 12.0 Å². The van der Waals surface area contributed by atoms with E-state index in [1.807, 2.05) is 0 Å². The van der Waals surface area contributed by atoms with Crippen LogP contribution in [0.2, 0.25) is 0 Å². The second-order valence-corrected chi connectivity index (χ2v) is 2.41. The fraction of sp³-hybridized carbons (Fsp3) is 1.00. The molecule has 6 heavy (non-hydrogen) atoms. The van der Waals surface area contributed by atoms with E-state index in [4.69, 9.17) is 9.92 Å². The summed E-state index contributed by atoms with van der Waals surface area (Å²) < 4.78 is 4.96. The highest BCUT2D eigenvalue weighted by Gasteiger charge is 2.06. The van der Waals surface area contributed by atoms with Gasteiger partial charge in [-0.15, -0.1) is 0 Å². The van der Waals surface area contributed by atoms with Gasteiger partial charge in [-0.05, 0) is 0 Å². The average molecular weight is 107 g/mol. The highest BCUT2D eigenvalue weighted by Crippen LogP contribution is 2.11. The van der Waals surface area contributed by atoms with E-state index < -0.39 is 0 Å². The molecule has 1 aliphatic heterocycles. The van der Waals surface area contributed by atoms with Gasteiger partial charge in [0.1, 0.15) is 0 Å². The van der Waals surface area contributed by atoms with E-state index in [0.29, 0.717) is 18.1 Å². The van der Waals surface area contributed by atoms with Gasteiger partial charge in [-0.25, -0.2) is 0 Å². The van der Waals surface area contributed by atoms with Gasteiger partial charge in [-0.1, -0.05) is 0 Å². The van der Waals surface area contributed by atoms with Crippen molar-refractivity contribution in [1.82, 2.24) is 0 Å². The smallest absolute Gasteiger partial charge is 0.0745 e. The molecule has 38 valence electrons. The maximum Gasteiger partial charge on any atom is 0.0745 e. The molecule has 1 fully saturated rings. The van der Waals surface area contributed by atoms with Gasteiger partial charge in [0.05, 0.1) is 6.61 Å². The Kier molecular flexibility index (Phi) is 1.34. The summed E-state index contributed by atoms with van der Waals surface area (Å²) in [6, 6.07) is 0.336. The summed E-state index contributed by atoms with van der Waals surface area (Å²) in [6.45, 7) is 0.776. The topological polar surface area (TPSA) is 35.2 Å². The summed E-state index contributed by atoms with van der Waals surface area (Å²) in [5.41, 5.74) is 5.42. The molecule has 0 aromatic heterocycles. The first-order valence-electron chi connectivity index (χ1n) is 2.00. The number of hydrogen-bond acceptors (Lipinski definition) is 2. The summed E-state index contributed by atoms with van der Waals surface area (Å²) in [7, 11) is 0. The Hall–Kier alpha value is 0.270. The first-order chi connectivity index (χ1) is 2.89. The van der Waals surface area contributed by atoms with Crippen molar-refractivity contribution >= 4 is 12.0 Å². The normalized spacial score (nSPS) is 41.2. The van der Waals surface area contributed by atoms with Gasteiger partial charge in [-0.2, -0.15) is 12.0 Å². The molecule has 0 spiro atoms. The molecule has 1 atom stereocenters. The third kappa shape index (κ3) is 0.864. The highest BCUT2D eigenvalue weighted by molar-refractivity contribution is 7.94. The Balaban J connectivity index is 2.18. The van der Waals surface area contributed by atoms with Crippen molar-refractivity contribution in [2.24, 2.45) is 5.73 Å². The molecule has 1 heterocycles. The van der Waals surface area contributed by atoms with E-state index in [9.17, 15) is 0 Å². The lowest BCUT2D eigenvalue weighted by Crippen LogP contribution is -2.21. The number of nitrogens with two attached hydrogens (primary N) is 1. The van der Waals surface area contributed by atoms with Gasteiger partial charge < -0.3 is 9.92 Å². The predicted octanol–water partition coefficient (Wildman–Crippen LogP) is -0.543. The van der Waals surface area contributed by atoms with Crippen molar-refractivity contribution in [1.29, 1.82) is 0 Å². The molecule has 0 aromatic carbocycles. The lowest BCUT2D eigenvalue weighted by Gasteiger charge is -1.89. The number of hydrogen-bond donors (Lipinski definition) is 1. The molecular weight excluding hydrogens is 98.1 g/mol. The molecule has 2 nitrogen and oxygen atoms in total. The monoisotopic (exact) mass is 107 g/mol. The van der Waals surface area contributed by atoms with Crippen LogP contribution < -0.4 is 5.73 Å². The van der Waals surface area contributed by atoms with Crippen molar-refractivity contribution in [2.45, 2.75) is 6.04 Å². The zero-order valence-corrected chi connectivity index (χ0v) is 4.48. The molecule has 0 radical (unpaired) electrons. The molecule has 0 bridgehead atoms. The minimum Gasteiger partial charge on any atom is -0.340 e. The van der Waals surface area contributed by atoms with E-state index in [1.165, 1.54) is 0 Å². The Morgan fingerprint density at radius 3 is 2.83 bits per heavy atom. The van der Waals surface area contributed by atoms with Crippen LogP contribution in [0.3, 0.4) is 0 Å². The van der Waals surface area contributed by atoms with Gasteiger partial charge in [0.2, 0.25) is 0 Å². The van der Waals surface area contributed by atoms with Crippen LogP contribution in [-0.4, -0.2) is 18.4 Å². The maximum atomic E-state index is 5.42. The first-order valence-corrected chi connectivity index (χ1v) is 3.11. The molecule has 3 heteroatoms. The van der Waals surface area contributed by atoms with Gasteiger partial charge in [-0.3, -0.25) is 0 Å². The zero-order valence-electron chi connectivity index (χ0n) is 3.48. The molecule has 0 saturated carbocycles. The fourth-order valence-corrected chi connectivity index (χ4v) is 1.17. The zero-order chi connectivity index (χ0) is 4.41. The molecule has 2 N–H and O–H groups in total.